The lowest BCUT2D eigenvalue weighted by atomic mass is 9.89. The summed E-state index contributed by atoms with van der Waals surface area (Å²) < 4.78 is 80.5. The Hall–Kier alpha value is -2.52. The van der Waals surface area contributed by atoms with Crippen LogP contribution in [0.2, 0.25) is 0 Å². The highest BCUT2D eigenvalue weighted by atomic mass is 19.4. The van der Waals surface area contributed by atoms with Crippen LogP contribution in [-0.4, -0.2) is 21.5 Å². The van der Waals surface area contributed by atoms with Crippen LogP contribution in [0.1, 0.15) is 65.6 Å². The Morgan fingerprint density at radius 3 is 2.30 bits per heavy atom. The van der Waals surface area contributed by atoms with Crippen LogP contribution in [0, 0.1) is 0 Å². The minimum Gasteiger partial charge on any atom is -0.348 e. The normalized spacial score (nSPS) is 18.1. The van der Waals surface area contributed by atoms with Crippen molar-refractivity contribution >= 4 is 5.91 Å². The van der Waals surface area contributed by atoms with Crippen LogP contribution in [0.4, 0.5) is 26.3 Å². The molecule has 0 saturated carbocycles. The van der Waals surface area contributed by atoms with Gasteiger partial charge in [-0.25, -0.2) is 4.98 Å². The Kier molecular flexibility index (Phi) is 5.88. The van der Waals surface area contributed by atoms with Crippen LogP contribution in [-0.2, 0) is 25.3 Å². The van der Waals surface area contributed by atoms with E-state index in [2.05, 4.69) is 10.3 Å². The molecule has 1 aromatic carbocycles. The molecule has 0 radical (unpaired) electrons. The highest BCUT2D eigenvalue weighted by molar-refractivity contribution is 5.92. The second-order valence-corrected chi connectivity index (χ2v) is 7.55. The quantitative estimate of drug-likeness (QED) is 0.676. The number of rotatable bonds is 4. The van der Waals surface area contributed by atoms with Gasteiger partial charge in [-0.1, -0.05) is 6.92 Å². The van der Waals surface area contributed by atoms with Crippen molar-refractivity contribution in [2.45, 2.75) is 64.0 Å². The van der Waals surface area contributed by atoms with Crippen molar-refractivity contribution in [1.29, 1.82) is 0 Å². The van der Waals surface area contributed by atoms with Crippen molar-refractivity contribution in [3.63, 3.8) is 0 Å². The fourth-order valence-electron chi connectivity index (χ4n) is 3.44. The highest BCUT2D eigenvalue weighted by Crippen LogP contribution is 2.39. The van der Waals surface area contributed by atoms with Gasteiger partial charge in [0.2, 0.25) is 0 Å². The number of benzene rings is 1. The third kappa shape index (κ3) is 4.79. The van der Waals surface area contributed by atoms with Gasteiger partial charge in [-0.05, 0) is 43.5 Å². The van der Waals surface area contributed by atoms with Crippen LogP contribution in [0.5, 0.6) is 0 Å². The first kappa shape index (κ1) is 22.2. The summed E-state index contributed by atoms with van der Waals surface area (Å²) in [5.74, 6) is -0.328. The number of amides is 1. The number of halogens is 6. The van der Waals surface area contributed by atoms with Gasteiger partial charge in [0, 0.05) is 31.1 Å². The van der Waals surface area contributed by atoms with Gasteiger partial charge in [0.1, 0.15) is 11.5 Å². The molecular formula is C20H21F6N3O. The molecule has 1 amide bonds. The summed E-state index contributed by atoms with van der Waals surface area (Å²) in [6.45, 7) is 3.91. The first-order valence-electron chi connectivity index (χ1n) is 9.54. The number of alkyl halides is 6. The van der Waals surface area contributed by atoms with Crippen LogP contribution in [0.15, 0.2) is 24.4 Å². The summed E-state index contributed by atoms with van der Waals surface area (Å²) in [7, 11) is 0. The van der Waals surface area contributed by atoms with Crippen molar-refractivity contribution in [1.82, 2.24) is 14.9 Å². The van der Waals surface area contributed by atoms with Gasteiger partial charge in [-0.15, -0.1) is 0 Å². The summed E-state index contributed by atoms with van der Waals surface area (Å²) in [6, 6.07) is 1.64. The molecule has 2 atom stereocenters. The van der Waals surface area contributed by atoms with Crippen molar-refractivity contribution < 1.29 is 31.1 Å². The van der Waals surface area contributed by atoms with Crippen molar-refractivity contribution in [2.24, 2.45) is 0 Å². The molecule has 30 heavy (non-hydrogen) atoms. The minimum absolute atomic E-state index is 0.0258. The molecule has 0 fully saturated rings. The summed E-state index contributed by atoms with van der Waals surface area (Å²) in [6.07, 6.45) is -6.85. The number of nitrogens with zero attached hydrogens (tertiary/aromatic N) is 2. The molecular weight excluding hydrogens is 412 g/mol. The fraction of sp³-hybridized carbons (Fsp3) is 0.500. The average Bonchev–Trinajstić information content (AvgIpc) is 3.09. The molecule has 1 aromatic heterocycles. The summed E-state index contributed by atoms with van der Waals surface area (Å²) >= 11 is 0. The fourth-order valence-corrected chi connectivity index (χ4v) is 3.44. The van der Waals surface area contributed by atoms with E-state index >= 15 is 0 Å². The molecule has 2 heterocycles. The number of nitrogens with one attached hydrogen (secondary N) is 1. The van der Waals surface area contributed by atoms with E-state index in [1.165, 1.54) is 6.20 Å². The second-order valence-electron chi connectivity index (χ2n) is 7.55. The zero-order chi connectivity index (χ0) is 22.3. The topological polar surface area (TPSA) is 46.9 Å². The maximum Gasteiger partial charge on any atom is 0.416 e. The predicted octanol–water partition coefficient (Wildman–Crippen LogP) is 5.18. The Balaban J connectivity index is 1.89. The molecule has 0 saturated heterocycles. The van der Waals surface area contributed by atoms with E-state index < -0.39 is 29.4 Å². The Labute approximate surface area is 169 Å². The number of hydrogen-bond donors (Lipinski definition) is 1. The molecule has 164 valence electrons. The highest BCUT2D eigenvalue weighted by Gasteiger charge is 2.38. The predicted molar refractivity (Wildman–Crippen MR) is 97.0 cm³/mol. The van der Waals surface area contributed by atoms with E-state index in [0.717, 1.165) is 18.6 Å². The number of imidazole rings is 1. The minimum atomic E-state index is -4.88. The van der Waals surface area contributed by atoms with Crippen molar-refractivity contribution in [3.05, 3.63) is 52.6 Å². The lowest BCUT2D eigenvalue weighted by molar-refractivity contribution is -0.143. The number of hydrogen-bond acceptors (Lipinski definition) is 2. The van der Waals surface area contributed by atoms with Gasteiger partial charge in [-0.3, -0.25) is 4.79 Å². The molecule has 0 bridgehead atoms. The first-order valence-corrected chi connectivity index (χ1v) is 9.54. The smallest absolute Gasteiger partial charge is 0.348 e. The molecule has 10 heteroatoms. The molecule has 0 spiro atoms. The number of carbonyl (C=O) groups excluding carboxylic acids is 1. The van der Waals surface area contributed by atoms with Crippen molar-refractivity contribution in [2.75, 3.05) is 0 Å². The Morgan fingerprint density at radius 1 is 1.17 bits per heavy atom. The third-order valence-electron chi connectivity index (χ3n) is 5.30. The lowest BCUT2D eigenvalue weighted by Gasteiger charge is -2.25. The van der Waals surface area contributed by atoms with Crippen LogP contribution < -0.4 is 5.32 Å². The first-order chi connectivity index (χ1) is 13.9. The molecule has 0 aliphatic carbocycles. The molecule has 3 rings (SSSR count). The largest absolute Gasteiger partial charge is 0.416 e. The monoisotopic (exact) mass is 433 g/mol. The number of aryl methyl sites for hydroxylation is 1. The number of fused-ring (bicyclic) bond motifs is 1. The maximum absolute atomic E-state index is 13.1. The van der Waals surface area contributed by atoms with Gasteiger partial charge < -0.3 is 9.88 Å². The Bertz CT molecular complexity index is 899. The summed E-state index contributed by atoms with van der Waals surface area (Å²) in [5.41, 5.74) is -2.48. The molecule has 1 aliphatic heterocycles. The van der Waals surface area contributed by atoms with Crippen molar-refractivity contribution in [3.8, 4) is 0 Å². The van der Waals surface area contributed by atoms with E-state index in [0.29, 0.717) is 18.7 Å². The van der Waals surface area contributed by atoms with Gasteiger partial charge in [0.05, 0.1) is 11.1 Å². The number of carbonyl (C=O) groups is 1. The van der Waals surface area contributed by atoms with Crippen LogP contribution in [0.25, 0.3) is 0 Å². The molecule has 0 unspecified atom stereocenters. The third-order valence-corrected chi connectivity index (χ3v) is 5.30. The average molecular weight is 433 g/mol. The Morgan fingerprint density at radius 2 is 1.77 bits per heavy atom. The molecule has 1 aliphatic rings. The lowest BCUT2D eigenvalue weighted by Crippen LogP contribution is -2.32. The summed E-state index contributed by atoms with van der Waals surface area (Å²) in [4.78, 5) is 16.5. The molecule has 2 aromatic rings. The van der Waals surface area contributed by atoms with Crippen LogP contribution >= 0.6 is 0 Å². The van der Waals surface area contributed by atoms with Crippen LogP contribution in [0.3, 0.4) is 0 Å². The van der Waals surface area contributed by atoms with Gasteiger partial charge in [-0.2, -0.15) is 26.3 Å². The second kappa shape index (κ2) is 7.96. The van der Waals surface area contributed by atoms with Gasteiger partial charge in [0.15, 0.2) is 0 Å². The summed E-state index contributed by atoms with van der Waals surface area (Å²) in [5, 5.41) is 2.78. The zero-order valence-corrected chi connectivity index (χ0v) is 16.4. The van der Waals surface area contributed by atoms with E-state index in [-0.39, 0.29) is 35.8 Å². The van der Waals surface area contributed by atoms with E-state index in [1.807, 2.05) is 13.8 Å². The van der Waals surface area contributed by atoms with Gasteiger partial charge >= 0.3 is 12.4 Å². The zero-order valence-electron chi connectivity index (χ0n) is 16.4. The number of aromatic nitrogens is 2. The van der Waals surface area contributed by atoms with E-state index in [4.69, 9.17) is 0 Å². The standard InChI is InChI=1S/C20H21F6N3O/c1-3-11(2)27-18(30)16-10-29-9-12(4-5-17(29)28-16)13-6-14(19(21,22)23)8-15(7-13)20(24,25)26/h6-8,10-12H,3-5,9H2,1-2H3,(H,27,30)/t11-,12-/m0/s1. The van der Waals surface area contributed by atoms with Gasteiger partial charge in [0.25, 0.3) is 5.91 Å². The van der Waals surface area contributed by atoms with E-state index in [9.17, 15) is 31.1 Å². The SMILES string of the molecule is CC[C@H](C)NC(=O)c1cn2c(n1)CC[C@H](c1cc(C(F)(F)F)cc(C(F)(F)F)c1)C2. The van der Waals surface area contributed by atoms with E-state index in [1.54, 1.807) is 4.57 Å². The molecule has 4 nitrogen and oxygen atoms in total. The molecule has 1 N–H and O–H groups in total. The maximum atomic E-state index is 13.1.